The summed E-state index contributed by atoms with van der Waals surface area (Å²) in [5, 5.41) is 0. The number of amides is 1. The van der Waals surface area contributed by atoms with Crippen LogP contribution < -0.4 is 4.74 Å². The molecule has 2 heterocycles. The number of fused-ring (bicyclic) bond motifs is 1. The fourth-order valence-electron chi connectivity index (χ4n) is 3.04. The average Bonchev–Trinajstić information content (AvgIpc) is 2.52. The average molecular weight is 331 g/mol. The molecule has 128 valence electrons. The van der Waals surface area contributed by atoms with Crippen molar-refractivity contribution in [1.29, 1.82) is 0 Å². The first-order valence-electron chi connectivity index (χ1n) is 8.07. The van der Waals surface area contributed by atoms with Gasteiger partial charge in [-0.1, -0.05) is 12.1 Å². The van der Waals surface area contributed by atoms with Crippen LogP contribution in [0.4, 0.5) is 4.79 Å². The third-order valence-electron chi connectivity index (χ3n) is 4.28. The number of rotatable bonds is 0. The maximum atomic E-state index is 12.6. The molecule has 0 radical (unpaired) electrons. The number of benzene rings is 1. The van der Waals surface area contributed by atoms with Gasteiger partial charge in [0.2, 0.25) is 11.6 Å². The van der Waals surface area contributed by atoms with Crippen LogP contribution in [0, 0.1) is 0 Å². The van der Waals surface area contributed by atoms with E-state index >= 15 is 0 Å². The van der Waals surface area contributed by atoms with E-state index in [0.717, 1.165) is 0 Å². The highest BCUT2D eigenvalue weighted by Gasteiger charge is 2.51. The van der Waals surface area contributed by atoms with Crippen LogP contribution in [0.2, 0.25) is 0 Å². The van der Waals surface area contributed by atoms with Crippen LogP contribution in [-0.4, -0.2) is 46.9 Å². The van der Waals surface area contributed by atoms with Crippen molar-refractivity contribution in [1.82, 2.24) is 4.90 Å². The Morgan fingerprint density at radius 2 is 1.79 bits per heavy atom. The van der Waals surface area contributed by atoms with Gasteiger partial charge < -0.3 is 14.4 Å². The van der Waals surface area contributed by atoms with E-state index in [0.29, 0.717) is 24.4 Å². The largest absolute Gasteiger partial charge is 0.478 e. The summed E-state index contributed by atoms with van der Waals surface area (Å²) in [5.74, 6) is -0.597. The Hall–Kier alpha value is -2.37. The summed E-state index contributed by atoms with van der Waals surface area (Å²) in [6.07, 6.45) is 0.156. The van der Waals surface area contributed by atoms with Crippen LogP contribution >= 0.6 is 0 Å². The number of likely N-dealkylation sites (tertiary alicyclic amines) is 1. The van der Waals surface area contributed by atoms with E-state index in [1.54, 1.807) is 49.9 Å². The zero-order valence-electron chi connectivity index (χ0n) is 14.1. The van der Waals surface area contributed by atoms with Gasteiger partial charge in [-0.15, -0.1) is 0 Å². The van der Waals surface area contributed by atoms with Crippen LogP contribution in [0.15, 0.2) is 24.3 Å². The first-order valence-corrected chi connectivity index (χ1v) is 8.07. The van der Waals surface area contributed by atoms with E-state index < -0.39 is 28.9 Å². The summed E-state index contributed by atoms with van der Waals surface area (Å²) in [7, 11) is 0. The second-order valence-corrected chi connectivity index (χ2v) is 7.22. The molecule has 0 atom stereocenters. The Bertz CT molecular complexity index is 696. The summed E-state index contributed by atoms with van der Waals surface area (Å²) in [6.45, 7) is 6.05. The highest BCUT2D eigenvalue weighted by atomic mass is 16.6. The van der Waals surface area contributed by atoms with Crippen LogP contribution in [0.25, 0.3) is 0 Å². The molecular weight excluding hydrogens is 310 g/mol. The summed E-state index contributed by atoms with van der Waals surface area (Å²) < 4.78 is 11.3. The maximum Gasteiger partial charge on any atom is 0.410 e. The van der Waals surface area contributed by atoms with Crippen LogP contribution in [-0.2, 0) is 9.53 Å². The first kappa shape index (κ1) is 16.5. The number of ketones is 2. The lowest BCUT2D eigenvalue weighted by atomic mass is 9.81. The van der Waals surface area contributed by atoms with E-state index in [9.17, 15) is 14.4 Å². The number of nitrogens with zero attached hydrogens (tertiary/aromatic N) is 1. The molecular formula is C18H21NO5. The molecule has 1 fully saturated rings. The second-order valence-electron chi connectivity index (χ2n) is 7.22. The van der Waals surface area contributed by atoms with E-state index in [1.165, 1.54) is 0 Å². The zero-order valence-corrected chi connectivity index (χ0v) is 14.1. The minimum absolute atomic E-state index is 0.283. The van der Waals surface area contributed by atoms with E-state index in [2.05, 4.69) is 0 Å². The summed E-state index contributed by atoms with van der Waals surface area (Å²) >= 11 is 0. The predicted molar refractivity (Wildman–Crippen MR) is 86.2 cm³/mol. The number of hydrogen-bond donors (Lipinski definition) is 0. The molecule has 0 unspecified atom stereocenters. The molecule has 3 rings (SSSR count). The Morgan fingerprint density at radius 3 is 2.42 bits per heavy atom. The number of Topliss-reactive ketones (excluding diaryl/α,β-unsaturated/α-hetero) is 2. The molecule has 2 aliphatic rings. The van der Waals surface area contributed by atoms with Gasteiger partial charge in [0, 0.05) is 25.9 Å². The predicted octanol–water partition coefficient (Wildman–Crippen LogP) is 2.60. The lowest BCUT2D eigenvalue weighted by Crippen LogP contribution is -2.58. The highest BCUT2D eigenvalue weighted by molar-refractivity contribution is 6.47. The fraction of sp³-hybridized carbons (Fsp3) is 0.500. The van der Waals surface area contributed by atoms with Gasteiger partial charge in [-0.2, -0.15) is 0 Å². The van der Waals surface area contributed by atoms with Crippen molar-refractivity contribution < 1.29 is 23.9 Å². The van der Waals surface area contributed by atoms with Crippen molar-refractivity contribution in [2.45, 2.75) is 44.8 Å². The summed E-state index contributed by atoms with van der Waals surface area (Å²) in [5.41, 5.74) is -1.43. The molecule has 0 aliphatic carbocycles. The van der Waals surface area contributed by atoms with Crippen LogP contribution in [0.3, 0.4) is 0 Å². The third kappa shape index (κ3) is 2.88. The number of hydrogen-bond acceptors (Lipinski definition) is 5. The van der Waals surface area contributed by atoms with Crippen molar-refractivity contribution >= 4 is 17.7 Å². The Kier molecular flexibility index (Phi) is 3.86. The SMILES string of the molecule is CC(C)(C)OC(=O)N1CCC2(CC1)Oc1ccccc1C(=O)C2=O. The van der Waals surface area contributed by atoms with Gasteiger partial charge in [0.15, 0.2) is 5.60 Å². The Labute approximate surface area is 140 Å². The molecule has 2 aliphatic heterocycles. The lowest BCUT2D eigenvalue weighted by Gasteiger charge is -2.42. The van der Waals surface area contributed by atoms with E-state index in [4.69, 9.17) is 9.47 Å². The standard InChI is InChI=1S/C18H21NO5/c1-17(2,3)24-16(22)19-10-8-18(9-11-19)15(21)14(20)12-6-4-5-7-13(12)23-18/h4-7H,8-11H2,1-3H3. The Balaban J connectivity index is 1.75. The van der Waals surface area contributed by atoms with E-state index in [1.807, 2.05) is 0 Å². The minimum atomic E-state index is -1.16. The first-order chi connectivity index (χ1) is 11.2. The number of carbonyl (C=O) groups is 3. The van der Waals surface area contributed by atoms with Gasteiger partial charge >= 0.3 is 6.09 Å². The number of para-hydroxylation sites is 1. The molecule has 24 heavy (non-hydrogen) atoms. The molecule has 1 aromatic rings. The summed E-state index contributed by atoms with van der Waals surface area (Å²) in [6, 6.07) is 6.77. The summed E-state index contributed by atoms with van der Waals surface area (Å²) in [4.78, 5) is 38.6. The third-order valence-corrected chi connectivity index (χ3v) is 4.28. The molecule has 1 saturated heterocycles. The Morgan fingerprint density at radius 1 is 1.17 bits per heavy atom. The molecule has 0 aromatic heterocycles. The number of ether oxygens (including phenoxy) is 2. The van der Waals surface area contributed by atoms with Crippen LogP contribution in [0.5, 0.6) is 5.75 Å². The molecule has 0 N–H and O–H groups in total. The zero-order chi connectivity index (χ0) is 17.5. The monoisotopic (exact) mass is 331 g/mol. The lowest BCUT2D eigenvalue weighted by molar-refractivity contribution is -0.135. The van der Waals surface area contributed by atoms with Gasteiger partial charge in [-0.05, 0) is 32.9 Å². The molecule has 1 spiro atoms. The molecule has 1 aromatic carbocycles. The van der Waals surface area contributed by atoms with Gasteiger partial charge in [0.05, 0.1) is 5.56 Å². The molecule has 0 bridgehead atoms. The fourth-order valence-corrected chi connectivity index (χ4v) is 3.04. The maximum absolute atomic E-state index is 12.6. The molecule has 6 heteroatoms. The van der Waals surface area contributed by atoms with E-state index in [-0.39, 0.29) is 12.8 Å². The minimum Gasteiger partial charge on any atom is -0.478 e. The van der Waals surface area contributed by atoms with Gasteiger partial charge in [0.1, 0.15) is 11.4 Å². The van der Waals surface area contributed by atoms with Crippen molar-refractivity contribution in [2.24, 2.45) is 0 Å². The molecule has 0 saturated carbocycles. The van der Waals surface area contributed by atoms with Crippen molar-refractivity contribution in [3.63, 3.8) is 0 Å². The van der Waals surface area contributed by atoms with Crippen molar-refractivity contribution in [2.75, 3.05) is 13.1 Å². The van der Waals surface area contributed by atoms with Gasteiger partial charge in [-0.25, -0.2) is 4.79 Å². The molecule has 1 amide bonds. The van der Waals surface area contributed by atoms with Crippen molar-refractivity contribution in [3.05, 3.63) is 29.8 Å². The smallest absolute Gasteiger partial charge is 0.410 e. The quantitative estimate of drug-likeness (QED) is 0.683. The van der Waals surface area contributed by atoms with Crippen molar-refractivity contribution in [3.8, 4) is 5.75 Å². The number of carbonyl (C=O) groups excluding carboxylic acids is 3. The normalized spacial score (nSPS) is 19.7. The van der Waals surface area contributed by atoms with Gasteiger partial charge in [0.25, 0.3) is 0 Å². The molecule has 6 nitrogen and oxygen atoms in total. The van der Waals surface area contributed by atoms with Crippen LogP contribution in [0.1, 0.15) is 44.0 Å². The van der Waals surface area contributed by atoms with Gasteiger partial charge in [-0.3, -0.25) is 9.59 Å². The number of piperidine rings is 1. The topological polar surface area (TPSA) is 72.9 Å². The second kappa shape index (κ2) is 5.61. The highest BCUT2D eigenvalue weighted by Crippen LogP contribution is 2.37.